The lowest BCUT2D eigenvalue weighted by Crippen LogP contribution is -2.41. The van der Waals surface area contributed by atoms with Crippen LogP contribution in [-0.2, 0) is 0 Å². The van der Waals surface area contributed by atoms with E-state index in [2.05, 4.69) is 15.5 Å². The molecule has 0 radical (unpaired) electrons. The predicted octanol–water partition coefficient (Wildman–Crippen LogP) is 2.95. The Bertz CT molecular complexity index is 531. The first-order valence-electron chi connectivity index (χ1n) is 8.23. The quantitative estimate of drug-likeness (QED) is 0.754. The van der Waals surface area contributed by atoms with Crippen molar-refractivity contribution in [1.82, 2.24) is 5.32 Å². The zero-order chi connectivity index (χ0) is 16.8. The molecule has 128 valence electrons. The topological polar surface area (TPSA) is 64.6 Å². The molecule has 5 nitrogen and oxygen atoms in total. The number of aliphatic hydroxyl groups excluding tert-OH is 1. The van der Waals surface area contributed by atoms with Crippen LogP contribution in [-0.4, -0.2) is 36.9 Å². The summed E-state index contributed by atoms with van der Waals surface area (Å²) in [5.41, 5.74) is 1.24. The second-order valence-electron chi connectivity index (χ2n) is 6.35. The van der Waals surface area contributed by atoms with Crippen LogP contribution in [0.5, 0.6) is 0 Å². The van der Waals surface area contributed by atoms with Crippen molar-refractivity contribution in [1.29, 1.82) is 0 Å². The number of amides is 2. The van der Waals surface area contributed by atoms with E-state index in [0.29, 0.717) is 12.1 Å². The fraction of sp³-hybridized carbons (Fsp3) is 0.588. The Hall–Kier alpha value is -1.82. The smallest absolute Gasteiger partial charge is 0.319 e. The highest BCUT2D eigenvalue weighted by atomic mass is 19.1. The van der Waals surface area contributed by atoms with E-state index in [9.17, 15) is 9.18 Å². The summed E-state index contributed by atoms with van der Waals surface area (Å²) in [6.07, 6.45) is 2.71. The van der Waals surface area contributed by atoms with Gasteiger partial charge in [0, 0.05) is 37.1 Å². The molecule has 1 aromatic carbocycles. The summed E-state index contributed by atoms with van der Waals surface area (Å²) in [5.74, 6) is -0.152. The van der Waals surface area contributed by atoms with Crippen molar-refractivity contribution in [3.8, 4) is 0 Å². The molecular weight excluding hydrogens is 297 g/mol. The van der Waals surface area contributed by atoms with Crippen LogP contribution in [0.25, 0.3) is 0 Å². The Balaban J connectivity index is 2.02. The lowest BCUT2D eigenvalue weighted by molar-refractivity contribution is 0.227. The number of anilines is 2. The number of carbonyl (C=O) groups is 1. The Kier molecular flexibility index (Phi) is 6.21. The number of halogens is 1. The van der Waals surface area contributed by atoms with E-state index in [1.165, 1.54) is 12.1 Å². The highest BCUT2D eigenvalue weighted by molar-refractivity contribution is 5.90. The number of hydrogen-bond donors (Lipinski definition) is 3. The van der Waals surface area contributed by atoms with Crippen molar-refractivity contribution >= 4 is 17.4 Å². The average Bonchev–Trinajstić information content (AvgIpc) is 3.00. The maximum Gasteiger partial charge on any atom is 0.319 e. The third-order valence-electron chi connectivity index (χ3n) is 4.17. The van der Waals surface area contributed by atoms with Crippen LogP contribution in [0.4, 0.5) is 20.6 Å². The van der Waals surface area contributed by atoms with E-state index in [1.807, 2.05) is 13.8 Å². The summed E-state index contributed by atoms with van der Waals surface area (Å²) in [5, 5.41) is 14.6. The minimum atomic E-state index is -0.380. The number of aliphatic hydroxyl groups is 1. The third-order valence-corrected chi connectivity index (χ3v) is 4.17. The number of hydrogen-bond acceptors (Lipinski definition) is 3. The van der Waals surface area contributed by atoms with Gasteiger partial charge in [-0.05, 0) is 43.4 Å². The zero-order valence-electron chi connectivity index (χ0n) is 13.8. The van der Waals surface area contributed by atoms with Crippen molar-refractivity contribution in [3.63, 3.8) is 0 Å². The first kappa shape index (κ1) is 17.5. The summed E-state index contributed by atoms with van der Waals surface area (Å²) in [4.78, 5) is 14.2. The van der Waals surface area contributed by atoms with E-state index >= 15 is 0 Å². The van der Waals surface area contributed by atoms with Crippen LogP contribution in [0.2, 0.25) is 0 Å². The maximum absolute atomic E-state index is 13.8. The minimum absolute atomic E-state index is 0.0161. The van der Waals surface area contributed by atoms with Gasteiger partial charge in [-0.3, -0.25) is 0 Å². The predicted molar refractivity (Wildman–Crippen MR) is 90.3 cm³/mol. The van der Waals surface area contributed by atoms with Gasteiger partial charge in [-0.2, -0.15) is 0 Å². The lowest BCUT2D eigenvalue weighted by atomic mass is 10.0. The monoisotopic (exact) mass is 323 g/mol. The van der Waals surface area contributed by atoms with E-state index in [4.69, 9.17) is 5.11 Å². The number of carbonyl (C=O) groups excluding carboxylic acids is 1. The maximum atomic E-state index is 13.8. The molecule has 3 N–H and O–H groups in total. The second-order valence-corrected chi connectivity index (χ2v) is 6.35. The fourth-order valence-electron chi connectivity index (χ4n) is 2.85. The Morgan fingerprint density at radius 2 is 2.00 bits per heavy atom. The highest BCUT2D eigenvalue weighted by Gasteiger charge is 2.17. The SMILES string of the molecule is CC(C)C(CCO)NC(=O)Nc1cc(F)cc(N2CCCC2)c1. The molecule has 0 aromatic heterocycles. The molecule has 1 aliphatic rings. The van der Waals surface area contributed by atoms with Crippen LogP contribution in [0.1, 0.15) is 33.1 Å². The Labute approximate surface area is 136 Å². The molecule has 1 saturated heterocycles. The lowest BCUT2D eigenvalue weighted by Gasteiger charge is -2.22. The van der Waals surface area contributed by atoms with Crippen molar-refractivity contribution in [2.75, 3.05) is 29.9 Å². The van der Waals surface area contributed by atoms with Gasteiger partial charge in [0.2, 0.25) is 0 Å². The van der Waals surface area contributed by atoms with Gasteiger partial charge in [0.15, 0.2) is 0 Å². The summed E-state index contributed by atoms with van der Waals surface area (Å²) >= 11 is 0. The van der Waals surface area contributed by atoms with Crippen molar-refractivity contribution in [3.05, 3.63) is 24.0 Å². The number of nitrogens with zero attached hydrogens (tertiary/aromatic N) is 1. The van der Waals surface area contributed by atoms with Crippen molar-refractivity contribution in [2.24, 2.45) is 5.92 Å². The molecule has 1 atom stereocenters. The molecule has 2 amide bonds. The van der Waals surface area contributed by atoms with Crippen LogP contribution in [0, 0.1) is 11.7 Å². The molecule has 6 heteroatoms. The van der Waals surface area contributed by atoms with Gasteiger partial charge in [0.25, 0.3) is 0 Å². The standard InChI is InChI=1S/C17H26FN3O2/c1-12(2)16(5-8-22)20-17(23)19-14-9-13(18)10-15(11-14)21-6-3-4-7-21/h9-12,16,22H,3-8H2,1-2H3,(H2,19,20,23). The molecule has 1 aliphatic heterocycles. The van der Waals surface area contributed by atoms with Gasteiger partial charge >= 0.3 is 6.03 Å². The van der Waals surface area contributed by atoms with E-state index in [0.717, 1.165) is 31.6 Å². The number of nitrogens with one attached hydrogen (secondary N) is 2. The van der Waals surface area contributed by atoms with E-state index in [1.54, 1.807) is 6.07 Å². The molecule has 0 aliphatic carbocycles. The fourth-order valence-corrected chi connectivity index (χ4v) is 2.85. The van der Waals surface area contributed by atoms with Gasteiger partial charge in [0.1, 0.15) is 5.82 Å². The molecule has 1 aromatic rings. The third kappa shape index (κ3) is 5.10. The van der Waals surface area contributed by atoms with Crippen LogP contribution < -0.4 is 15.5 Å². The summed E-state index contributed by atoms with van der Waals surface area (Å²) in [6, 6.07) is 4.11. The first-order chi connectivity index (χ1) is 11.0. The molecule has 1 unspecified atom stereocenters. The molecule has 0 spiro atoms. The molecule has 0 saturated carbocycles. The number of rotatable bonds is 6. The van der Waals surface area contributed by atoms with Gasteiger partial charge in [0.05, 0.1) is 0 Å². The van der Waals surface area contributed by atoms with Gasteiger partial charge < -0.3 is 20.6 Å². The summed E-state index contributed by atoms with van der Waals surface area (Å²) in [6.45, 7) is 5.81. The first-order valence-corrected chi connectivity index (χ1v) is 8.23. The van der Waals surface area contributed by atoms with Gasteiger partial charge in [-0.25, -0.2) is 9.18 Å². The zero-order valence-corrected chi connectivity index (χ0v) is 13.8. The average molecular weight is 323 g/mol. The number of benzene rings is 1. The Morgan fingerprint density at radius 1 is 1.30 bits per heavy atom. The van der Waals surface area contributed by atoms with Crippen molar-refractivity contribution < 1.29 is 14.3 Å². The molecule has 2 rings (SSSR count). The van der Waals surface area contributed by atoms with Gasteiger partial charge in [-0.1, -0.05) is 13.8 Å². The molecular formula is C17H26FN3O2. The van der Waals surface area contributed by atoms with Gasteiger partial charge in [-0.15, -0.1) is 0 Å². The molecule has 1 fully saturated rings. The second kappa shape index (κ2) is 8.15. The minimum Gasteiger partial charge on any atom is -0.396 e. The molecule has 23 heavy (non-hydrogen) atoms. The van der Waals surface area contributed by atoms with Crippen LogP contribution in [0.15, 0.2) is 18.2 Å². The molecule has 1 heterocycles. The van der Waals surface area contributed by atoms with Crippen molar-refractivity contribution in [2.45, 2.75) is 39.2 Å². The number of urea groups is 1. The van der Waals surface area contributed by atoms with Crippen LogP contribution in [0.3, 0.4) is 0 Å². The van der Waals surface area contributed by atoms with E-state index < -0.39 is 0 Å². The highest BCUT2D eigenvalue weighted by Crippen LogP contribution is 2.25. The van der Waals surface area contributed by atoms with Crippen LogP contribution >= 0.6 is 0 Å². The Morgan fingerprint density at radius 3 is 2.61 bits per heavy atom. The largest absolute Gasteiger partial charge is 0.396 e. The summed E-state index contributed by atoms with van der Waals surface area (Å²) in [7, 11) is 0. The summed E-state index contributed by atoms with van der Waals surface area (Å²) < 4.78 is 13.8. The molecule has 0 bridgehead atoms. The van der Waals surface area contributed by atoms with E-state index in [-0.39, 0.29) is 30.4 Å². The normalized spacial score (nSPS) is 15.8.